The highest BCUT2D eigenvalue weighted by molar-refractivity contribution is 5.67. The Hall–Kier alpha value is -2.80. The van der Waals surface area contributed by atoms with Crippen LogP contribution < -0.4 is 10.6 Å². The number of fused-ring (bicyclic) bond motifs is 4. The van der Waals surface area contributed by atoms with Gasteiger partial charge in [0.05, 0.1) is 0 Å². The first-order chi connectivity index (χ1) is 21.5. The van der Waals surface area contributed by atoms with E-state index in [0.717, 1.165) is 32.5 Å². The van der Waals surface area contributed by atoms with Gasteiger partial charge in [-0.3, -0.25) is 4.90 Å². The van der Waals surface area contributed by atoms with E-state index in [1.54, 1.807) is 0 Å². The average molecular weight is 591 g/mol. The number of benzene rings is 2. The summed E-state index contributed by atoms with van der Waals surface area (Å²) in [5.41, 5.74) is 10.2. The molecular weight excluding hydrogens is 544 g/mol. The number of allylic oxidation sites excluding steroid dienone is 2. The highest BCUT2D eigenvalue weighted by Gasteiger charge is 2.66. The lowest BCUT2D eigenvalue weighted by atomic mass is 9.55. The Morgan fingerprint density at radius 3 is 2.39 bits per heavy atom. The molecule has 2 spiro atoms. The third kappa shape index (κ3) is 2.95. The fourth-order valence-corrected chi connectivity index (χ4v) is 12.7. The molecule has 5 fully saturated rings. The Balaban J connectivity index is 1.03. The number of hydrogen-bond donors (Lipinski definition) is 4. The number of nitrogens with zero attached hydrogens (tertiary/aromatic N) is 2. The number of nitrogens with one attached hydrogen (secondary N) is 2. The zero-order valence-electron chi connectivity index (χ0n) is 26.0. The van der Waals surface area contributed by atoms with Crippen LogP contribution in [0.3, 0.4) is 0 Å². The van der Waals surface area contributed by atoms with Gasteiger partial charge >= 0.3 is 0 Å². The topological polar surface area (TPSA) is 71.0 Å². The van der Waals surface area contributed by atoms with Crippen LogP contribution in [-0.2, 0) is 10.8 Å². The average Bonchev–Trinajstić information content (AvgIpc) is 3.82. The summed E-state index contributed by atoms with van der Waals surface area (Å²) < 4.78 is 0. The van der Waals surface area contributed by atoms with Crippen molar-refractivity contribution in [3.05, 3.63) is 82.6 Å². The van der Waals surface area contributed by atoms with Crippen molar-refractivity contribution < 1.29 is 10.2 Å². The lowest BCUT2D eigenvalue weighted by Crippen LogP contribution is -2.62. The van der Waals surface area contributed by atoms with Gasteiger partial charge in [-0.1, -0.05) is 48.9 Å². The van der Waals surface area contributed by atoms with E-state index in [0.29, 0.717) is 23.9 Å². The minimum atomic E-state index is 0.0762. The fraction of sp³-hybridized carbons (Fsp3) is 0.579. The van der Waals surface area contributed by atoms with E-state index in [4.69, 9.17) is 0 Å². The lowest BCUT2D eigenvalue weighted by Gasteiger charge is -2.55. The second-order valence-electron chi connectivity index (χ2n) is 15.5. The molecule has 6 heterocycles. The smallest absolute Gasteiger partial charge is 0.0484 e. The number of rotatable bonds is 4. The van der Waals surface area contributed by atoms with Gasteiger partial charge in [-0.15, -0.1) is 0 Å². The zero-order valence-corrected chi connectivity index (χ0v) is 26.0. The van der Waals surface area contributed by atoms with Crippen LogP contribution in [0.15, 0.2) is 65.9 Å². The minimum absolute atomic E-state index is 0.0762. The molecule has 3 unspecified atom stereocenters. The number of anilines is 2. The number of aliphatic hydroxyl groups excluding tert-OH is 2. The van der Waals surface area contributed by atoms with Crippen molar-refractivity contribution >= 4 is 11.4 Å². The summed E-state index contributed by atoms with van der Waals surface area (Å²) in [5, 5.41) is 29.7. The summed E-state index contributed by atoms with van der Waals surface area (Å²) in [4.78, 5) is 5.43. The van der Waals surface area contributed by atoms with Gasteiger partial charge < -0.3 is 25.7 Å². The van der Waals surface area contributed by atoms with E-state index in [1.165, 1.54) is 52.1 Å². The van der Waals surface area contributed by atoms with Crippen LogP contribution in [0.1, 0.15) is 62.1 Å². The van der Waals surface area contributed by atoms with E-state index in [1.807, 2.05) is 0 Å². The van der Waals surface area contributed by atoms with Crippen molar-refractivity contribution in [2.24, 2.45) is 23.7 Å². The first-order valence-electron chi connectivity index (χ1n) is 17.4. The zero-order chi connectivity index (χ0) is 29.5. The van der Waals surface area contributed by atoms with Gasteiger partial charge in [0.2, 0.25) is 0 Å². The molecule has 44 heavy (non-hydrogen) atoms. The maximum Gasteiger partial charge on any atom is 0.0484 e. The van der Waals surface area contributed by atoms with Gasteiger partial charge in [0, 0.05) is 90.4 Å². The monoisotopic (exact) mass is 590 g/mol. The van der Waals surface area contributed by atoms with Crippen molar-refractivity contribution in [2.75, 3.05) is 43.5 Å². The van der Waals surface area contributed by atoms with Crippen LogP contribution in [0.25, 0.3) is 0 Å². The molecule has 0 aromatic heterocycles. The maximum atomic E-state index is 11.0. The maximum absolute atomic E-state index is 11.0. The second-order valence-corrected chi connectivity index (χ2v) is 15.5. The van der Waals surface area contributed by atoms with Crippen LogP contribution in [0.4, 0.5) is 11.4 Å². The van der Waals surface area contributed by atoms with E-state index in [9.17, 15) is 10.2 Å². The van der Waals surface area contributed by atoms with Crippen molar-refractivity contribution in [3.63, 3.8) is 0 Å². The molecule has 0 amide bonds. The summed E-state index contributed by atoms with van der Waals surface area (Å²) in [7, 11) is 0. The molecule has 2 aliphatic carbocycles. The van der Waals surface area contributed by atoms with Crippen molar-refractivity contribution in [3.8, 4) is 0 Å². The molecule has 6 aliphatic heterocycles. The number of piperidine rings is 1. The quantitative estimate of drug-likeness (QED) is 0.383. The van der Waals surface area contributed by atoms with E-state index < -0.39 is 0 Å². The molecule has 0 radical (unpaired) electrons. The van der Waals surface area contributed by atoms with Crippen LogP contribution in [0.5, 0.6) is 0 Å². The van der Waals surface area contributed by atoms with Crippen LogP contribution in [0, 0.1) is 23.7 Å². The number of hydrogen-bond acceptors (Lipinski definition) is 6. The normalized spacial score (nSPS) is 43.5. The molecule has 4 bridgehead atoms. The third-order valence-corrected chi connectivity index (χ3v) is 14.6. The Morgan fingerprint density at radius 2 is 1.59 bits per heavy atom. The highest BCUT2D eigenvalue weighted by Crippen LogP contribution is 2.64. The van der Waals surface area contributed by atoms with Crippen molar-refractivity contribution in [1.29, 1.82) is 0 Å². The first-order valence-corrected chi connectivity index (χ1v) is 17.4. The SMILES string of the molecule is C/C=C1/CN2CCC34c5cc(C(C)C6=CN7CCC89c%10ccccc%10N[C@H]8[C@@H](CO)[C@H]6C[C@H]79)ccc5N[C@H]3[C@H](CO)[C@H]1C[C@H]24. The van der Waals surface area contributed by atoms with Crippen molar-refractivity contribution in [2.45, 2.75) is 80.4 Å². The van der Waals surface area contributed by atoms with Crippen LogP contribution >= 0.6 is 0 Å². The highest BCUT2D eigenvalue weighted by atomic mass is 16.3. The van der Waals surface area contributed by atoms with E-state index in [-0.39, 0.29) is 53.9 Å². The Morgan fingerprint density at radius 1 is 0.886 bits per heavy atom. The Kier molecular flexibility index (Phi) is 5.36. The molecule has 11 atom stereocenters. The van der Waals surface area contributed by atoms with Gasteiger partial charge in [0.15, 0.2) is 0 Å². The minimum Gasteiger partial charge on any atom is -0.396 e. The molecule has 4 N–H and O–H groups in total. The Labute approximate surface area is 261 Å². The number of para-hydroxylation sites is 1. The molecule has 6 nitrogen and oxygen atoms in total. The molecule has 2 saturated carbocycles. The summed E-state index contributed by atoms with van der Waals surface area (Å²) in [6.07, 6.45) is 9.49. The molecule has 230 valence electrons. The molecule has 2 aromatic carbocycles. The summed E-state index contributed by atoms with van der Waals surface area (Å²) >= 11 is 0. The molecular formula is C38H46N4O2. The fourth-order valence-electron chi connectivity index (χ4n) is 12.7. The van der Waals surface area contributed by atoms with Gasteiger partial charge in [0.1, 0.15) is 0 Å². The van der Waals surface area contributed by atoms with Crippen LogP contribution in [-0.4, -0.2) is 77.0 Å². The lowest BCUT2D eigenvalue weighted by molar-refractivity contribution is 0.0298. The van der Waals surface area contributed by atoms with Gasteiger partial charge in [0.25, 0.3) is 0 Å². The molecule has 2 aromatic rings. The molecule has 8 aliphatic rings. The largest absolute Gasteiger partial charge is 0.396 e. The Bertz CT molecular complexity index is 1620. The third-order valence-electron chi connectivity index (χ3n) is 14.6. The van der Waals surface area contributed by atoms with Crippen LogP contribution in [0.2, 0.25) is 0 Å². The predicted molar refractivity (Wildman–Crippen MR) is 174 cm³/mol. The van der Waals surface area contributed by atoms with E-state index in [2.05, 4.69) is 89.0 Å². The molecule has 3 saturated heterocycles. The number of aliphatic hydroxyl groups is 2. The molecule has 6 heteroatoms. The summed E-state index contributed by atoms with van der Waals surface area (Å²) in [5.74, 6) is 1.61. The summed E-state index contributed by atoms with van der Waals surface area (Å²) in [6.45, 7) is 8.38. The first kappa shape index (κ1) is 26.4. The summed E-state index contributed by atoms with van der Waals surface area (Å²) in [6, 6.07) is 17.9. The van der Waals surface area contributed by atoms with Crippen molar-refractivity contribution in [1.82, 2.24) is 9.80 Å². The molecule has 10 rings (SSSR count). The second kappa shape index (κ2) is 8.92. The standard InChI is InChI=1S/C38H46N4O2/c1-3-22-17-41-12-11-38-30-14-23(8-9-32(30)40-35(38)27(19-43)24(22)15-33(38)41)21(2)26-18-42-13-10-37-29-6-4-5-7-31(29)39-36(37)28(20-44)25(26)16-34(37)42/h3-9,14,18,21,24-25,27-28,33-36,39-40,43-44H,10-13,15-17,19-20H2,1-2H3/b22-3-/t21?,24-,25-,27+,28-,33-,34-,35-,36-,37?,38?/m0/s1. The van der Waals surface area contributed by atoms with Gasteiger partial charge in [-0.2, -0.15) is 0 Å². The van der Waals surface area contributed by atoms with Gasteiger partial charge in [-0.05, 0) is 91.6 Å². The predicted octanol–water partition coefficient (Wildman–Crippen LogP) is 4.82. The van der Waals surface area contributed by atoms with E-state index >= 15 is 0 Å². The van der Waals surface area contributed by atoms with Gasteiger partial charge in [-0.25, -0.2) is 0 Å².